The first-order chi connectivity index (χ1) is 13.2. The highest BCUT2D eigenvalue weighted by atomic mass is 32.1. The summed E-state index contributed by atoms with van der Waals surface area (Å²) in [5.74, 6) is 1.74. The molecule has 4 rings (SSSR count). The summed E-state index contributed by atoms with van der Waals surface area (Å²) in [5.41, 5.74) is 3.58. The van der Waals surface area contributed by atoms with E-state index in [2.05, 4.69) is 60.0 Å². The fourth-order valence-corrected chi connectivity index (χ4v) is 4.40. The van der Waals surface area contributed by atoms with Gasteiger partial charge in [-0.3, -0.25) is 0 Å². The molecule has 1 aliphatic rings. The zero-order valence-electron chi connectivity index (χ0n) is 15.8. The molecule has 0 amide bonds. The number of allylic oxidation sites excluding steroid dienone is 3. The first-order valence-electron chi connectivity index (χ1n) is 9.12. The molecule has 1 aromatic heterocycles. The van der Waals surface area contributed by atoms with Gasteiger partial charge in [-0.05, 0) is 36.8 Å². The lowest BCUT2D eigenvalue weighted by Gasteiger charge is -2.18. The predicted molar refractivity (Wildman–Crippen MR) is 114 cm³/mol. The molecule has 1 aliphatic heterocycles. The van der Waals surface area contributed by atoms with E-state index in [1.807, 2.05) is 54.7 Å². The Morgan fingerprint density at radius 3 is 2.67 bits per heavy atom. The molecule has 0 radical (unpaired) electrons. The first kappa shape index (κ1) is 17.6. The average Bonchev–Trinajstić information content (AvgIpc) is 3.03. The van der Waals surface area contributed by atoms with Crippen molar-refractivity contribution in [2.45, 2.75) is 13.5 Å². The van der Waals surface area contributed by atoms with Gasteiger partial charge in [-0.1, -0.05) is 41.7 Å². The Morgan fingerprint density at radius 2 is 1.85 bits per heavy atom. The number of aryl methyl sites for hydroxylation is 1. The molecule has 0 spiro atoms. The molecule has 0 saturated carbocycles. The smallest absolute Gasteiger partial charge is 0.263 e. The summed E-state index contributed by atoms with van der Waals surface area (Å²) in [7, 11) is 4.01. The number of nitrogens with zero attached hydrogens (tertiary/aromatic N) is 2. The number of aromatic nitrogens is 1. The SMILES string of the molecule is CC[n+]1c(/C=C2/C=C(C=CN(C)C)Oc3ccccc32)sc2ccccc21. The van der Waals surface area contributed by atoms with Gasteiger partial charge in [-0.15, -0.1) is 0 Å². The Morgan fingerprint density at radius 1 is 1.07 bits per heavy atom. The van der Waals surface area contributed by atoms with Crippen LogP contribution in [0.4, 0.5) is 0 Å². The molecular weight excluding hydrogens is 352 g/mol. The van der Waals surface area contributed by atoms with Gasteiger partial charge < -0.3 is 9.64 Å². The van der Waals surface area contributed by atoms with Gasteiger partial charge in [-0.2, -0.15) is 4.57 Å². The van der Waals surface area contributed by atoms with Crippen molar-refractivity contribution in [2.24, 2.45) is 0 Å². The van der Waals surface area contributed by atoms with Gasteiger partial charge in [0.25, 0.3) is 5.01 Å². The first-order valence-corrected chi connectivity index (χ1v) is 9.94. The molecule has 0 fully saturated rings. The summed E-state index contributed by atoms with van der Waals surface area (Å²) in [4.78, 5) is 2.01. The minimum atomic E-state index is 0.845. The Bertz CT molecular complexity index is 1070. The third kappa shape index (κ3) is 3.53. The monoisotopic (exact) mass is 375 g/mol. The molecule has 0 saturated heterocycles. The molecule has 27 heavy (non-hydrogen) atoms. The molecular formula is C23H23N2OS+. The van der Waals surface area contributed by atoms with E-state index in [9.17, 15) is 0 Å². The fraction of sp³-hybridized carbons (Fsp3) is 0.174. The molecule has 3 aromatic rings. The van der Waals surface area contributed by atoms with E-state index in [-0.39, 0.29) is 0 Å². The van der Waals surface area contributed by atoms with Crippen molar-refractivity contribution in [2.75, 3.05) is 14.1 Å². The zero-order chi connectivity index (χ0) is 18.8. The maximum Gasteiger partial charge on any atom is 0.263 e. The molecule has 0 atom stereocenters. The number of para-hydroxylation sites is 2. The number of hydrogen-bond donors (Lipinski definition) is 0. The Balaban J connectivity index is 1.85. The van der Waals surface area contributed by atoms with Crippen LogP contribution in [-0.2, 0) is 6.54 Å². The highest BCUT2D eigenvalue weighted by Crippen LogP contribution is 2.35. The van der Waals surface area contributed by atoms with Crippen LogP contribution in [0.1, 0.15) is 17.5 Å². The van der Waals surface area contributed by atoms with E-state index in [0.717, 1.165) is 23.6 Å². The fourth-order valence-electron chi connectivity index (χ4n) is 3.23. The summed E-state index contributed by atoms with van der Waals surface area (Å²) in [6.07, 6.45) is 8.40. The van der Waals surface area contributed by atoms with Crippen LogP contribution >= 0.6 is 11.3 Å². The van der Waals surface area contributed by atoms with Crippen molar-refractivity contribution < 1.29 is 9.30 Å². The van der Waals surface area contributed by atoms with Crippen LogP contribution < -0.4 is 9.30 Å². The van der Waals surface area contributed by atoms with Crippen molar-refractivity contribution in [3.8, 4) is 5.75 Å². The van der Waals surface area contributed by atoms with Crippen molar-refractivity contribution in [1.82, 2.24) is 4.90 Å². The minimum absolute atomic E-state index is 0.845. The van der Waals surface area contributed by atoms with Gasteiger partial charge in [0.1, 0.15) is 22.8 Å². The van der Waals surface area contributed by atoms with Crippen molar-refractivity contribution in [1.29, 1.82) is 0 Å². The average molecular weight is 376 g/mol. The number of hydrogen-bond acceptors (Lipinski definition) is 3. The standard InChI is InChI=1S/C23H23N2OS/c1-4-25-20-10-6-8-12-22(20)27-23(25)16-17-15-18(13-14-24(2)3)26-21-11-7-5-9-19(17)21/h5-16H,4H2,1-3H3/q+1. The molecule has 2 aromatic carbocycles. The predicted octanol–water partition coefficient (Wildman–Crippen LogP) is 5.10. The normalized spacial score (nSPS) is 15.1. The number of fused-ring (bicyclic) bond motifs is 2. The van der Waals surface area contributed by atoms with Gasteiger partial charge >= 0.3 is 0 Å². The molecule has 0 unspecified atom stereocenters. The topological polar surface area (TPSA) is 16.4 Å². The highest BCUT2D eigenvalue weighted by molar-refractivity contribution is 7.18. The van der Waals surface area contributed by atoms with E-state index in [4.69, 9.17) is 4.74 Å². The summed E-state index contributed by atoms with van der Waals surface area (Å²) < 4.78 is 9.75. The van der Waals surface area contributed by atoms with Gasteiger partial charge in [-0.25, -0.2) is 0 Å². The largest absolute Gasteiger partial charge is 0.457 e. The van der Waals surface area contributed by atoms with E-state index in [1.165, 1.54) is 20.8 Å². The van der Waals surface area contributed by atoms with E-state index >= 15 is 0 Å². The molecule has 0 N–H and O–H groups in total. The third-order valence-electron chi connectivity index (χ3n) is 4.49. The van der Waals surface area contributed by atoms with Crippen LogP contribution in [0.3, 0.4) is 0 Å². The van der Waals surface area contributed by atoms with Crippen LogP contribution in [0, 0.1) is 0 Å². The summed E-state index contributed by atoms with van der Waals surface area (Å²) in [6, 6.07) is 16.8. The Labute approximate surface area is 164 Å². The molecule has 4 heteroatoms. The van der Waals surface area contributed by atoms with Gasteiger partial charge in [0.2, 0.25) is 5.52 Å². The van der Waals surface area contributed by atoms with E-state index < -0.39 is 0 Å². The van der Waals surface area contributed by atoms with Crippen LogP contribution in [0.15, 0.2) is 72.6 Å². The molecule has 3 nitrogen and oxygen atoms in total. The zero-order valence-corrected chi connectivity index (χ0v) is 16.7. The van der Waals surface area contributed by atoms with E-state index in [0.29, 0.717) is 0 Å². The summed E-state index contributed by atoms with van der Waals surface area (Å²) in [6.45, 7) is 3.14. The second-order valence-corrected chi connectivity index (χ2v) is 7.74. The van der Waals surface area contributed by atoms with Gasteiger partial charge in [0, 0.05) is 38.0 Å². The van der Waals surface area contributed by atoms with Crippen LogP contribution in [0.25, 0.3) is 21.9 Å². The third-order valence-corrected chi connectivity index (χ3v) is 5.60. The number of ether oxygens (including phenoxy) is 1. The lowest BCUT2D eigenvalue weighted by atomic mass is 10.0. The minimum Gasteiger partial charge on any atom is -0.457 e. The van der Waals surface area contributed by atoms with Crippen LogP contribution in [-0.4, -0.2) is 19.0 Å². The molecule has 0 bridgehead atoms. The molecule has 2 heterocycles. The second kappa shape index (κ2) is 7.41. The number of rotatable bonds is 4. The summed E-state index contributed by atoms with van der Waals surface area (Å²) >= 11 is 1.83. The number of thiazole rings is 1. The quantitative estimate of drug-likeness (QED) is 0.590. The maximum absolute atomic E-state index is 6.07. The number of benzene rings is 2. The lowest BCUT2D eigenvalue weighted by Crippen LogP contribution is -2.33. The highest BCUT2D eigenvalue weighted by Gasteiger charge is 2.20. The van der Waals surface area contributed by atoms with Crippen LogP contribution in [0.5, 0.6) is 5.75 Å². The Hall–Kier alpha value is -2.85. The second-order valence-electron chi connectivity index (χ2n) is 6.68. The molecule has 0 aliphatic carbocycles. The lowest BCUT2D eigenvalue weighted by molar-refractivity contribution is -0.665. The van der Waals surface area contributed by atoms with Crippen molar-refractivity contribution in [3.63, 3.8) is 0 Å². The van der Waals surface area contributed by atoms with Crippen LogP contribution in [0.2, 0.25) is 0 Å². The summed E-state index contributed by atoms with van der Waals surface area (Å²) in [5, 5.41) is 1.25. The van der Waals surface area contributed by atoms with Gasteiger partial charge in [0.05, 0.1) is 0 Å². The van der Waals surface area contributed by atoms with Gasteiger partial charge in [0.15, 0.2) is 0 Å². The van der Waals surface area contributed by atoms with Crippen molar-refractivity contribution >= 4 is 33.2 Å². The van der Waals surface area contributed by atoms with Crippen molar-refractivity contribution in [3.05, 3.63) is 83.2 Å². The van der Waals surface area contributed by atoms with E-state index in [1.54, 1.807) is 0 Å². The Kier molecular flexibility index (Phi) is 4.82. The molecule has 136 valence electrons. The maximum atomic E-state index is 6.07.